The van der Waals surface area contributed by atoms with Crippen LogP contribution in [-0.4, -0.2) is 17.4 Å². The highest BCUT2D eigenvalue weighted by atomic mass is 35.5. The molecule has 3 N–H and O–H groups in total. The number of aromatic nitrogens is 1. The van der Waals surface area contributed by atoms with Crippen molar-refractivity contribution in [1.29, 1.82) is 0 Å². The van der Waals surface area contributed by atoms with Gasteiger partial charge >= 0.3 is 0 Å². The number of nitrogens with one attached hydrogen (secondary N) is 1. The summed E-state index contributed by atoms with van der Waals surface area (Å²) in [5, 5.41) is 5.91. The molecule has 0 fully saturated rings. The third-order valence-corrected chi connectivity index (χ3v) is 4.84. The normalized spacial score (nSPS) is 11.4. The van der Waals surface area contributed by atoms with Gasteiger partial charge in [0, 0.05) is 18.0 Å². The highest BCUT2D eigenvalue weighted by Crippen LogP contribution is 2.17. The van der Waals surface area contributed by atoms with Crippen molar-refractivity contribution < 1.29 is 4.79 Å². The zero-order valence-electron chi connectivity index (χ0n) is 14.8. The van der Waals surface area contributed by atoms with Gasteiger partial charge in [0.05, 0.1) is 17.1 Å². The largest absolute Gasteiger partial charge is 0.354 e. The van der Waals surface area contributed by atoms with Crippen LogP contribution in [0.4, 0.5) is 0 Å². The number of halogens is 2. The molecule has 0 saturated carbocycles. The fourth-order valence-corrected chi connectivity index (χ4v) is 3.03. The molecule has 25 heavy (non-hydrogen) atoms. The molecule has 2 aromatic rings. The van der Waals surface area contributed by atoms with E-state index in [2.05, 4.69) is 43.2 Å². The van der Waals surface area contributed by atoms with E-state index in [1.807, 2.05) is 17.5 Å². The number of rotatable bonds is 7. The summed E-state index contributed by atoms with van der Waals surface area (Å²) in [7, 11) is 0. The van der Waals surface area contributed by atoms with Gasteiger partial charge in [0.1, 0.15) is 0 Å². The van der Waals surface area contributed by atoms with Crippen molar-refractivity contribution in [3.63, 3.8) is 0 Å². The van der Waals surface area contributed by atoms with Gasteiger partial charge < -0.3 is 11.1 Å². The minimum Gasteiger partial charge on any atom is -0.354 e. The van der Waals surface area contributed by atoms with Crippen molar-refractivity contribution in [3.05, 3.63) is 51.5 Å². The number of hydrogen-bond acceptors (Lipinski definition) is 4. The number of benzene rings is 1. The van der Waals surface area contributed by atoms with Crippen LogP contribution in [0.25, 0.3) is 0 Å². The maximum atomic E-state index is 12.0. The molecular weight excluding hydrogens is 377 g/mol. The highest BCUT2D eigenvalue weighted by Gasteiger charge is 2.11. The van der Waals surface area contributed by atoms with E-state index >= 15 is 0 Å². The predicted molar refractivity (Wildman–Crippen MR) is 110 cm³/mol. The topological polar surface area (TPSA) is 68.0 Å². The molecule has 0 bridgehead atoms. The quantitative estimate of drug-likeness (QED) is 0.732. The lowest BCUT2D eigenvalue weighted by Gasteiger charge is -2.14. The zero-order valence-corrected chi connectivity index (χ0v) is 17.3. The minimum absolute atomic E-state index is 0. The minimum atomic E-state index is -0.193. The molecule has 1 aromatic carbocycles. The van der Waals surface area contributed by atoms with Crippen LogP contribution in [0.2, 0.25) is 0 Å². The van der Waals surface area contributed by atoms with Crippen LogP contribution in [0.3, 0.4) is 0 Å². The van der Waals surface area contributed by atoms with Gasteiger partial charge in [0.2, 0.25) is 5.91 Å². The third-order valence-electron chi connectivity index (χ3n) is 3.79. The summed E-state index contributed by atoms with van der Waals surface area (Å²) >= 11 is 1.60. The Labute approximate surface area is 166 Å². The first kappa shape index (κ1) is 23.9. The molecule has 0 aliphatic rings. The number of amides is 1. The van der Waals surface area contributed by atoms with E-state index in [9.17, 15) is 4.79 Å². The van der Waals surface area contributed by atoms with E-state index in [-0.39, 0.29) is 36.8 Å². The molecule has 0 aliphatic heterocycles. The number of carbonyl (C=O) groups excluding carboxylic acids is 1. The maximum absolute atomic E-state index is 12.0. The van der Waals surface area contributed by atoms with Gasteiger partial charge in [-0.15, -0.1) is 36.2 Å². The molecule has 0 radical (unpaired) electrons. The number of nitrogens with zero attached hydrogens (tertiary/aromatic N) is 1. The maximum Gasteiger partial charge on any atom is 0.226 e. The lowest BCUT2D eigenvalue weighted by Crippen LogP contribution is -2.32. The second-order valence-electron chi connectivity index (χ2n) is 5.99. The average Bonchev–Trinajstić information content (AvgIpc) is 3.00. The summed E-state index contributed by atoms with van der Waals surface area (Å²) < 4.78 is 0. The van der Waals surface area contributed by atoms with Gasteiger partial charge in [-0.2, -0.15) is 0 Å². The van der Waals surface area contributed by atoms with E-state index in [1.165, 1.54) is 5.56 Å². The fourth-order valence-electron chi connectivity index (χ4n) is 2.29. The second kappa shape index (κ2) is 11.5. The van der Waals surface area contributed by atoms with E-state index in [1.54, 1.807) is 11.3 Å². The molecule has 0 aliphatic carbocycles. The Kier molecular flexibility index (Phi) is 10.9. The van der Waals surface area contributed by atoms with Crippen LogP contribution in [0.5, 0.6) is 0 Å². The van der Waals surface area contributed by atoms with E-state index < -0.39 is 0 Å². The Morgan fingerprint density at radius 3 is 2.32 bits per heavy atom. The van der Waals surface area contributed by atoms with Crippen molar-refractivity contribution in [2.75, 3.05) is 6.54 Å². The standard InChI is InChI=1S/C18H25N3OS.2ClH/c1-4-18-21-15(11-23-18)9-17(22)20-10-16(19)14-7-5-13(6-8-14)12(2)3;;/h5-8,11-12,16H,4,9-10,19H2,1-3H3,(H,20,22);2*1H. The molecule has 140 valence electrons. The predicted octanol–water partition coefficient (Wildman–Crippen LogP) is 4.03. The summed E-state index contributed by atoms with van der Waals surface area (Å²) in [6.45, 7) is 6.83. The van der Waals surface area contributed by atoms with E-state index in [0.717, 1.165) is 22.7 Å². The third kappa shape index (κ3) is 7.32. The number of carbonyl (C=O) groups is 1. The Morgan fingerprint density at radius 2 is 1.80 bits per heavy atom. The lowest BCUT2D eigenvalue weighted by molar-refractivity contribution is -0.120. The first-order valence-corrected chi connectivity index (χ1v) is 8.93. The summed E-state index contributed by atoms with van der Waals surface area (Å²) in [4.78, 5) is 16.4. The summed E-state index contributed by atoms with van der Waals surface area (Å²) in [6.07, 6.45) is 1.22. The van der Waals surface area contributed by atoms with Crippen molar-refractivity contribution in [2.24, 2.45) is 5.73 Å². The Balaban J connectivity index is 0.00000288. The molecule has 0 spiro atoms. The van der Waals surface area contributed by atoms with Crippen molar-refractivity contribution in [1.82, 2.24) is 10.3 Å². The molecular formula is C18H27Cl2N3OS. The number of thiazole rings is 1. The fraction of sp³-hybridized carbons (Fsp3) is 0.444. The Bertz CT molecular complexity index is 644. The average molecular weight is 404 g/mol. The molecule has 7 heteroatoms. The molecule has 1 amide bonds. The molecule has 1 aromatic heterocycles. The molecule has 1 unspecified atom stereocenters. The zero-order chi connectivity index (χ0) is 16.8. The summed E-state index contributed by atoms with van der Waals surface area (Å²) in [6, 6.07) is 8.09. The van der Waals surface area contributed by atoms with Gasteiger partial charge in [0.25, 0.3) is 0 Å². The van der Waals surface area contributed by atoms with Crippen molar-refractivity contribution in [3.8, 4) is 0 Å². The van der Waals surface area contributed by atoms with Crippen LogP contribution in [0, 0.1) is 0 Å². The lowest BCUT2D eigenvalue weighted by atomic mass is 9.99. The van der Waals surface area contributed by atoms with E-state index in [4.69, 9.17) is 5.73 Å². The van der Waals surface area contributed by atoms with Gasteiger partial charge in [0.15, 0.2) is 0 Å². The molecule has 0 saturated heterocycles. The monoisotopic (exact) mass is 403 g/mol. The molecule has 1 atom stereocenters. The summed E-state index contributed by atoms with van der Waals surface area (Å²) in [5.41, 5.74) is 9.32. The van der Waals surface area contributed by atoms with Gasteiger partial charge in [-0.1, -0.05) is 45.0 Å². The van der Waals surface area contributed by atoms with E-state index in [0.29, 0.717) is 18.9 Å². The Morgan fingerprint density at radius 1 is 1.20 bits per heavy atom. The van der Waals surface area contributed by atoms with Crippen LogP contribution < -0.4 is 11.1 Å². The second-order valence-corrected chi connectivity index (χ2v) is 6.94. The highest BCUT2D eigenvalue weighted by molar-refractivity contribution is 7.09. The number of aryl methyl sites for hydroxylation is 1. The SMILES string of the molecule is CCc1nc(CC(=O)NCC(N)c2ccc(C(C)C)cc2)cs1.Cl.Cl. The van der Waals surface area contributed by atoms with Gasteiger partial charge in [-0.05, 0) is 23.5 Å². The van der Waals surface area contributed by atoms with Crippen LogP contribution in [-0.2, 0) is 17.6 Å². The van der Waals surface area contributed by atoms with Crippen molar-refractivity contribution in [2.45, 2.75) is 45.6 Å². The molecule has 2 rings (SSSR count). The number of nitrogens with two attached hydrogens (primary N) is 1. The van der Waals surface area contributed by atoms with Gasteiger partial charge in [-0.25, -0.2) is 4.98 Å². The van der Waals surface area contributed by atoms with Gasteiger partial charge in [-0.3, -0.25) is 4.79 Å². The van der Waals surface area contributed by atoms with Crippen molar-refractivity contribution >= 4 is 42.1 Å². The summed E-state index contributed by atoms with van der Waals surface area (Å²) in [5.74, 6) is 0.471. The van der Waals surface area contributed by atoms with Crippen LogP contribution >= 0.6 is 36.2 Å². The number of hydrogen-bond donors (Lipinski definition) is 2. The Hall–Kier alpha value is -1.14. The first-order valence-electron chi connectivity index (χ1n) is 8.05. The first-order chi connectivity index (χ1) is 11.0. The molecule has 4 nitrogen and oxygen atoms in total. The van der Waals surface area contributed by atoms with Crippen LogP contribution in [0.1, 0.15) is 54.6 Å². The molecule has 1 heterocycles. The van der Waals surface area contributed by atoms with Crippen LogP contribution in [0.15, 0.2) is 29.6 Å². The smallest absolute Gasteiger partial charge is 0.226 e.